The van der Waals surface area contributed by atoms with Gasteiger partial charge in [0.2, 0.25) is 0 Å². The molecule has 6 heteroatoms. The molecule has 1 saturated heterocycles. The fraction of sp³-hybridized carbons (Fsp3) is 0.667. The minimum absolute atomic E-state index is 0.0267. The van der Waals surface area contributed by atoms with Gasteiger partial charge in [0.1, 0.15) is 17.4 Å². The number of ether oxygens (including phenoxy) is 1. The van der Waals surface area contributed by atoms with Gasteiger partial charge in [0.25, 0.3) is 0 Å². The molecule has 5 nitrogen and oxygen atoms in total. The first kappa shape index (κ1) is 69.6. The molecule has 3 rings (SSSR count). The van der Waals surface area contributed by atoms with Crippen LogP contribution in [0.3, 0.4) is 0 Å². The molecule has 2 fully saturated rings. The molecule has 3 atom stereocenters. The van der Waals surface area contributed by atoms with Gasteiger partial charge < -0.3 is 14.8 Å². The van der Waals surface area contributed by atoms with Gasteiger partial charge in [-0.3, -0.25) is 9.79 Å². The fourth-order valence-corrected chi connectivity index (χ4v) is 8.40. The van der Waals surface area contributed by atoms with E-state index in [0.29, 0.717) is 23.7 Å². The highest BCUT2D eigenvalue weighted by Gasteiger charge is 2.41. The van der Waals surface area contributed by atoms with Gasteiger partial charge in [-0.25, -0.2) is 4.39 Å². The summed E-state index contributed by atoms with van der Waals surface area (Å²) in [5, 5.41) is 3.17. The minimum Gasteiger partial charge on any atom is -0.375 e. The zero-order chi connectivity index (χ0) is 53.7. The maximum Gasteiger partial charge on any atom is 0.146 e. The topological polar surface area (TPSA) is 67.8 Å². The molecule has 1 heterocycles. The average Bonchev–Trinajstić information content (AvgIpc) is 3.77. The number of ketones is 2. The molecule has 0 radical (unpaired) electrons. The first-order valence-corrected chi connectivity index (χ1v) is 27.4. The van der Waals surface area contributed by atoms with E-state index in [-0.39, 0.29) is 11.7 Å². The van der Waals surface area contributed by atoms with E-state index >= 15 is 0 Å². The van der Waals surface area contributed by atoms with E-state index in [2.05, 4.69) is 134 Å². The highest BCUT2D eigenvalue weighted by Crippen LogP contribution is 2.41. The van der Waals surface area contributed by atoms with Gasteiger partial charge in [-0.2, -0.15) is 0 Å². The molecular weight excluding hydrogens is 852 g/mol. The zero-order valence-electron chi connectivity index (χ0n) is 48.7. The number of allylic oxidation sites excluding steroid dienone is 8. The molecule has 1 saturated carbocycles. The SMILES string of the molecule is C=C/C(F)=C(\C=C/C)N/C(C)=C(C)/C(=C\C(=C)c1ccc(C(CCC)(CCC)C(=O)C(C)CC)c(C)c1)N=CCC.CC(C)=O.CC(C)C.CCC.CCC1CCC(CC)O1.CCCC1CC(C)C1. The van der Waals surface area contributed by atoms with Crippen molar-refractivity contribution in [2.45, 2.75) is 252 Å². The van der Waals surface area contributed by atoms with Crippen molar-refractivity contribution < 1.29 is 18.7 Å². The van der Waals surface area contributed by atoms with Gasteiger partial charge in [-0.1, -0.05) is 166 Å². The first-order valence-electron chi connectivity index (χ1n) is 27.4. The van der Waals surface area contributed by atoms with Crippen LogP contribution in [0.2, 0.25) is 0 Å². The molecule has 69 heavy (non-hydrogen) atoms. The second kappa shape index (κ2) is 41.0. The lowest BCUT2D eigenvalue weighted by Crippen LogP contribution is -2.40. The van der Waals surface area contributed by atoms with Crippen LogP contribution in [0.25, 0.3) is 5.57 Å². The number of aryl methyl sites for hydroxylation is 1. The number of Topliss-reactive ketones (excluding diaryl/α,β-unsaturated/α-hetero) is 2. The van der Waals surface area contributed by atoms with Crippen LogP contribution in [0.5, 0.6) is 0 Å². The standard InChI is InChI=1S/C37H53FN2O.C8H16O.C8H16.C4H10.C3H6O.C3H8/c1-12-18-34(33(38)17-6)40-30(11)29(10)35(39-23-15-4)25-27(8)31-19-20-32(28(9)24-31)37(21-13-2,22-14-3)36(41)26(7)16-5;1-3-7-5-6-8(4-2)9-7;1-3-4-8-5-7(2)6-8;1-4(2)3;1-3(2)4;1-3-2/h12,17-20,23-26,40H,6,8,13-16,21-22H2,1-5,7,9-11H3;7-8H,3-6H2,1-2H3;7-8H,3-6H2,1-2H3;4H,1-3H3;1-2H3;3H2,1-2H3/b18-12-,30-29+,34-33-,35-25+,39-23?;;;;;. The third-order valence-corrected chi connectivity index (χ3v) is 12.0. The number of nitrogens with one attached hydrogen (secondary N) is 1. The van der Waals surface area contributed by atoms with E-state index in [0.717, 1.165) is 95.5 Å². The highest BCUT2D eigenvalue weighted by atomic mass is 19.1. The molecule has 3 unspecified atom stereocenters. The normalized spacial score (nSPS) is 18.7. The predicted molar refractivity (Wildman–Crippen MR) is 306 cm³/mol. The van der Waals surface area contributed by atoms with Crippen LogP contribution in [0.15, 0.2) is 89.1 Å². The summed E-state index contributed by atoms with van der Waals surface area (Å²) in [6, 6.07) is 6.38. The van der Waals surface area contributed by atoms with Crippen molar-refractivity contribution in [1.29, 1.82) is 0 Å². The van der Waals surface area contributed by atoms with Crippen LogP contribution in [0, 0.1) is 30.6 Å². The van der Waals surface area contributed by atoms with E-state index in [9.17, 15) is 14.0 Å². The van der Waals surface area contributed by atoms with Crippen molar-refractivity contribution in [2.24, 2.45) is 28.7 Å². The number of carbonyl (C=O) groups is 2. The van der Waals surface area contributed by atoms with Gasteiger partial charge in [-0.05, 0) is 170 Å². The van der Waals surface area contributed by atoms with Gasteiger partial charge >= 0.3 is 0 Å². The average molecular weight is 962 g/mol. The van der Waals surface area contributed by atoms with Crippen LogP contribution in [0.4, 0.5) is 4.39 Å². The van der Waals surface area contributed by atoms with Crippen LogP contribution < -0.4 is 5.32 Å². The van der Waals surface area contributed by atoms with Gasteiger partial charge in [0.05, 0.1) is 29.0 Å². The molecule has 1 aromatic carbocycles. The molecule has 1 aliphatic carbocycles. The fourth-order valence-electron chi connectivity index (χ4n) is 8.40. The van der Waals surface area contributed by atoms with E-state index in [1.54, 1.807) is 12.2 Å². The molecule has 1 aliphatic heterocycles. The van der Waals surface area contributed by atoms with Gasteiger partial charge in [0, 0.05) is 17.8 Å². The summed E-state index contributed by atoms with van der Waals surface area (Å²) in [7, 11) is 0. The number of halogens is 1. The lowest BCUT2D eigenvalue weighted by molar-refractivity contribution is -0.129. The third kappa shape index (κ3) is 29.3. The maximum atomic E-state index is 14.4. The smallest absolute Gasteiger partial charge is 0.146 e. The van der Waals surface area contributed by atoms with Crippen LogP contribution in [-0.2, 0) is 19.7 Å². The summed E-state index contributed by atoms with van der Waals surface area (Å²) in [6.07, 6.45) is 27.0. The van der Waals surface area contributed by atoms with E-state index in [4.69, 9.17) is 9.73 Å². The van der Waals surface area contributed by atoms with Crippen molar-refractivity contribution in [1.82, 2.24) is 5.32 Å². The van der Waals surface area contributed by atoms with Gasteiger partial charge in [0.15, 0.2) is 0 Å². The molecule has 2 aliphatic rings. The van der Waals surface area contributed by atoms with Crippen molar-refractivity contribution in [2.75, 3.05) is 0 Å². The highest BCUT2D eigenvalue weighted by molar-refractivity contribution is 5.92. The Morgan fingerprint density at radius 3 is 1.77 bits per heavy atom. The number of nitrogens with zero attached hydrogens (tertiary/aromatic N) is 1. The Morgan fingerprint density at radius 2 is 1.41 bits per heavy atom. The largest absolute Gasteiger partial charge is 0.375 e. The molecule has 0 amide bonds. The summed E-state index contributed by atoms with van der Waals surface area (Å²) >= 11 is 0. The lowest BCUT2D eigenvalue weighted by Gasteiger charge is -2.36. The zero-order valence-corrected chi connectivity index (χ0v) is 48.7. The lowest BCUT2D eigenvalue weighted by atomic mass is 9.65. The predicted octanol–water partition coefficient (Wildman–Crippen LogP) is 19.5. The second-order valence-corrected chi connectivity index (χ2v) is 20.3. The Hall–Kier alpha value is -3.64. The quantitative estimate of drug-likeness (QED) is 0.0985. The Labute approximate surface area is 427 Å². The Balaban J connectivity index is -0.00000123. The van der Waals surface area contributed by atoms with Crippen molar-refractivity contribution in [3.63, 3.8) is 0 Å². The van der Waals surface area contributed by atoms with Gasteiger partial charge in [-0.15, -0.1) is 0 Å². The maximum absolute atomic E-state index is 14.4. The Kier molecular flexibility index (Phi) is 41.4. The molecule has 0 bridgehead atoms. The molecule has 0 spiro atoms. The first-order chi connectivity index (χ1) is 32.5. The number of benzene rings is 1. The summed E-state index contributed by atoms with van der Waals surface area (Å²) in [4.78, 5) is 28.0. The van der Waals surface area contributed by atoms with Crippen LogP contribution in [-0.4, -0.2) is 30.0 Å². The van der Waals surface area contributed by atoms with Crippen LogP contribution in [0.1, 0.15) is 245 Å². The summed E-state index contributed by atoms with van der Waals surface area (Å²) in [5.41, 5.74) is 6.35. The number of hydrogen-bond acceptors (Lipinski definition) is 5. The van der Waals surface area contributed by atoms with Crippen molar-refractivity contribution in [3.8, 4) is 0 Å². The Bertz CT molecular complexity index is 1710. The Morgan fingerprint density at radius 1 is 0.899 bits per heavy atom. The molecular formula is C63H109FN2O3. The van der Waals surface area contributed by atoms with Crippen molar-refractivity contribution >= 4 is 23.4 Å². The summed E-state index contributed by atoms with van der Waals surface area (Å²) in [6.45, 7) is 49.1. The number of aliphatic imine (C=N–C) groups is 1. The van der Waals surface area contributed by atoms with Crippen LogP contribution >= 0.6 is 0 Å². The number of carbonyl (C=O) groups excluding carboxylic acids is 2. The molecule has 396 valence electrons. The third-order valence-electron chi connectivity index (χ3n) is 12.0. The monoisotopic (exact) mass is 961 g/mol. The van der Waals surface area contributed by atoms with E-state index in [1.165, 1.54) is 77.7 Å². The molecule has 1 aromatic rings. The molecule has 1 N–H and O–H groups in total. The second-order valence-electron chi connectivity index (χ2n) is 20.3. The molecule has 0 aromatic heterocycles. The van der Waals surface area contributed by atoms with Crippen molar-refractivity contribution in [3.05, 3.63) is 101 Å². The van der Waals surface area contributed by atoms with E-state index in [1.807, 2.05) is 40.0 Å². The number of rotatable bonds is 21. The summed E-state index contributed by atoms with van der Waals surface area (Å²) < 4.78 is 20.0. The summed E-state index contributed by atoms with van der Waals surface area (Å²) in [5.74, 6) is 3.12. The van der Waals surface area contributed by atoms with E-state index < -0.39 is 11.2 Å². The number of hydrogen-bond donors (Lipinski definition) is 1. The minimum atomic E-state index is -0.462.